The van der Waals surface area contributed by atoms with Gasteiger partial charge in [-0.3, -0.25) is 30.3 Å². The number of nitrogens with zero attached hydrogens (tertiary/aromatic N) is 1. The Labute approximate surface area is 117 Å². The summed E-state index contributed by atoms with van der Waals surface area (Å²) in [5, 5.41) is 14.6. The van der Waals surface area contributed by atoms with Crippen molar-refractivity contribution in [2.24, 2.45) is 0 Å². The highest BCUT2D eigenvalue weighted by Gasteiger charge is 2.28. The number of benzene rings is 1. The second-order valence-electron chi connectivity index (χ2n) is 3.98. The number of urea groups is 1. The van der Waals surface area contributed by atoms with E-state index in [0.29, 0.717) is 0 Å². The van der Waals surface area contributed by atoms with Gasteiger partial charge in [0.25, 0.3) is 17.5 Å². The van der Waals surface area contributed by atoms with Crippen molar-refractivity contribution < 1.29 is 24.0 Å². The molecule has 0 saturated carbocycles. The second-order valence-corrected chi connectivity index (χ2v) is 3.98. The van der Waals surface area contributed by atoms with E-state index in [4.69, 9.17) is 4.74 Å². The van der Waals surface area contributed by atoms with E-state index in [1.165, 1.54) is 19.2 Å². The third-order valence-electron chi connectivity index (χ3n) is 2.67. The van der Waals surface area contributed by atoms with Gasteiger partial charge in [0.1, 0.15) is 11.3 Å². The summed E-state index contributed by atoms with van der Waals surface area (Å²) < 4.78 is 5.02. The average Bonchev–Trinajstić information content (AvgIpc) is 2.42. The van der Waals surface area contributed by atoms with Crippen LogP contribution in [0.15, 0.2) is 23.8 Å². The zero-order valence-corrected chi connectivity index (χ0v) is 10.7. The Morgan fingerprint density at radius 1 is 1.19 bits per heavy atom. The van der Waals surface area contributed by atoms with Crippen LogP contribution in [-0.4, -0.2) is 29.9 Å². The van der Waals surface area contributed by atoms with E-state index >= 15 is 0 Å². The minimum Gasteiger partial charge on any atom is -0.496 e. The molecule has 1 aliphatic heterocycles. The molecule has 2 rings (SSSR count). The minimum atomic E-state index is -0.923. The Morgan fingerprint density at radius 3 is 2.33 bits per heavy atom. The summed E-state index contributed by atoms with van der Waals surface area (Å²) in [6, 6.07) is 2.80. The predicted molar refractivity (Wildman–Crippen MR) is 69.3 cm³/mol. The fourth-order valence-electron chi connectivity index (χ4n) is 1.71. The number of non-ortho nitro benzene ring substituents is 1. The topological polar surface area (TPSA) is 128 Å². The van der Waals surface area contributed by atoms with Crippen LogP contribution in [0.25, 0.3) is 6.08 Å². The van der Waals surface area contributed by atoms with Crippen LogP contribution in [0.5, 0.6) is 5.75 Å². The molecule has 1 aromatic carbocycles. The molecule has 0 radical (unpaired) electrons. The normalized spacial score (nSPS) is 14.3. The van der Waals surface area contributed by atoms with Crippen LogP contribution in [0.3, 0.4) is 0 Å². The van der Waals surface area contributed by atoms with Crippen LogP contribution in [0.4, 0.5) is 10.5 Å². The average molecular weight is 291 g/mol. The molecule has 1 heterocycles. The van der Waals surface area contributed by atoms with Gasteiger partial charge in [0, 0.05) is 17.7 Å². The quantitative estimate of drug-likeness (QED) is 0.358. The molecule has 21 heavy (non-hydrogen) atoms. The molecule has 1 aromatic rings. The number of nitro benzene ring substituents is 1. The van der Waals surface area contributed by atoms with Gasteiger partial charge >= 0.3 is 6.03 Å². The van der Waals surface area contributed by atoms with Crippen molar-refractivity contribution in [2.75, 3.05) is 7.11 Å². The number of methoxy groups -OCH3 is 1. The second kappa shape index (κ2) is 5.41. The van der Waals surface area contributed by atoms with E-state index < -0.39 is 22.8 Å². The molecule has 0 aromatic heterocycles. The molecule has 2 N–H and O–H groups in total. The van der Waals surface area contributed by atoms with Gasteiger partial charge in [-0.25, -0.2) is 4.79 Å². The maximum atomic E-state index is 11.6. The number of carbonyl (C=O) groups is 3. The molecule has 0 atom stereocenters. The minimum absolute atomic E-state index is 0.168. The Morgan fingerprint density at radius 2 is 1.81 bits per heavy atom. The zero-order chi connectivity index (χ0) is 15.6. The van der Waals surface area contributed by atoms with Gasteiger partial charge in [-0.2, -0.15) is 0 Å². The van der Waals surface area contributed by atoms with Crippen molar-refractivity contribution in [2.45, 2.75) is 0 Å². The number of rotatable bonds is 3. The summed E-state index contributed by atoms with van der Waals surface area (Å²) >= 11 is 0. The van der Waals surface area contributed by atoms with Crippen LogP contribution in [0, 0.1) is 10.1 Å². The lowest BCUT2D eigenvalue weighted by Gasteiger charge is -2.14. The van der Waals surface area contributed by atoms with E-state index in [1.54, 1.807) is 0 Å². The predicted octanol–water partition coefficient (Wildman–Crippen LogP) is 0.353. The Hall–Kier alpha value is -3.23. The molecule has 9 heteroatoms. The highest BCUT2D eigenvalue weighted by Crippen LogP contribution is 2.26. The lowest BCUT2D eigenvalue weighted by Crippen LogP contribution is -2.51. The fourth-order valence-corrected chi connectivity index (χ4v) is 1.71. The SMILES string of the molecule is COc1ccc([N+](=O)[O-])cc1C=C1C(=O)NC(=O)NC1=O. The van der Waals surface area contributed by atoms with Gasteiger partial charge in [0.15, 0.2) is 0 Å². The van der Waals surface area contributed by atoms with Crippen LogP contribution in [0.2, 0.25) is 0 Å². The third kappa shape index (κ3) is 2.86. The summed E-state index contributed by atoms with van der Waals surface area (Å²) in [5.74, 6) is -1.54. The fraction of sp³-hybridized carbons (Fsp3) is 0.0833. The highest BCUT2D eigenvalue weighted by molar-refractivity contribution is 6.31. The molecule has 9 nitrogen and oxygen atoms in total. The number of carbonyl (C=O) groups excluding carboxylic acids is 3. The maximum Gasteiger partial charge on any atom is 0.328 e. The van der Waals surface area contributed by atoms with Crippen molar-refractivity contribution in [3.8, 4) is 5.75 Å². The van der Waals surface area contributed by atoms with Crippen LogP contribution < -0.4 is 15.4 Å². The molecule has 108 valence electrons. The van der Waals surface area contributed by atoms with Gasteiger partial charge in [-0.1, -0.05) is 0 Å². The first-order valence-electron chi connectivity index (χ1n) is 5.63. The van der Waals surface area contributed by atoms with E-state index in [9.17, 15) is 24.5 Å². The summed E-state index contributed by atoms with van der Waals surface area (Å²) in [5.41, 5.74) is -0.412. The summed E-state index contributed by atoms with van der Waals surface area (Å²) in [6.07, 6.45) is 1.11. The summed E-state index contributed by atoms with van der Waals surface area (Å²) in [7, 11) is 1.34. The number of amides is 4. The molecule has 1 fully saturated rings. The van der Waals surface area contributed by atoms with Crippen molar-refractivity contribution in [1.29, 1.82) is 0 Å². The first kappa shape index (κ1) is 14.2. The van der Waals surface area contributed by atoms with E-state index in [-0.39, 0.29) is 22.6 Å². The molecule has 0 spiro atoms. The summed E-state index contributed by atoms with van der Waals surface area (Å²) in [4.78, 5) is 44.3. The Balaban J connectivity index is 2.50. The van der Waals surface area contributed by atoms with E-state index in [1.807, 2.05) is 10.6 Å². The first-order chi connectivity index (χ1) is 9.92. The number of barbiturate groups is 1. The van der Waals surface area contributed by atoms with Crippen molar-refractivity contribution in [3.63, 3.8) is 0 Å². The molecule has 0 bridgehead atoms. The molecular weight excluding hydrogens is 282 g/mol. The molecule has 0 aliphatic carbocycles. The zero-order valence-electron chi connectivity index (χ0n) is 10.7. The van der Waals surface area contributed by atoms with Gasteiger partial charge in [-0.15, -0.1) is 0 Å². The Kier molecular flexibility index (Phi) is 3.65. The first-order valence-corrected chi connectivity index (χ1v) is 5.63. The molecule has 1 aliphatic rings. The van der Waals surface area contributed by atoms with E-state index in [2.05, 4.69) is 0 Å². The van der Waals surface area contributed by atoms with Crippen molar-refractivity contribution in [3.05, 3.63) is 39.4 Å². The lowest BCUT2D eigenvalue weighted by atomic mass is 10.1. The van der Waals surface area contributed by atoms with Gasteiger partial charge in [-0.05, 0) is 12.1 Å². The van der Waals surface area contributed by atoms with Gasteiger partial charge in [0.2, 0.25) is 0 Å². The molecule has 0 unspecified atom stereocenters. The molecular formula is C12H9N3O6. The van der Waals surface area contributed by atoms with Gasteiger partial charge in [0.05, 0.1) is 12.0 Å². The van der Waals surface area contributed by atoms with E-state index in [0.717, 1.165) is 12.1 Å². The lowest BCUT2D eigenvalue weighted by molar-refractivity contribution is -0.384. The number of hydrogen-bond donors (Lipinski definition) is 2. The molecule has 4 amide bonds. The Bertz CT molecular complexity index is 672. The number of hydrogen-bond acceptors (Lipinski definition) is 6. The number of ether oxygens (including phenoxy) is 1. The molecule has 1 saturated heterocycles. The monoisotopic (exact) mass is 291 g/mol. The maximum absolute atomic E-state index is 11.6. The summed E-state index contributed by atoms with van der Waals surface area (Å²) in [6.45, 7) is 0. The number of nitrogens with one attached hydrogen (secondary N) is 2. The number of nitro groups is 1. The standard InChI is InChI=1S/C12H9N3O6/c1-21-9-3-2-7(15(19)20)4-6(9)5-8-10(16)13-12(18)14-11(8)17/h2-5H,1H3,(H2,13,14,16,17,18). The van der Waals surface area contributed by atoms with Crippen LogP contribution in [-0.2, 0) is 9.59 Å². The largest absolute Gasteiger partial charge is 0.496 e. The van der Waals surface area contributed by atoms with Crippen LogP contribution in [0.1, 0.15) is 5.56 Å². The third-order valence-corrected chi connectivity index (χ3v) is 2.67. The van der Waals surface area contributed by atoms with Gasteiger partial charge < -0.3 is 4.74 Å². The number of imide groups is 2. The van der Waals surface area contributed by atoms with Crippen molar-refractivity contribution in [1.82, 2.24) is 10.6 Å². The van der Waals surface area contributed by atoms with Crippen LogP contribution >= 0.6 is 0 Å². The highest BCUT2D eigenvalue weighted by atomic mass is 16.6. The van der Waals surface area contributed by atoms with Crippen molar-refractivity contribution >= 4 is 29.6 Å². The smallest absolute Gasteiger partial charge is 0.328 e.